The number of hydrogen-bond acceptors (Lipinski definition) is 4. The maximum absolute atomic E-state index is 10.5. The molecular weight excluding hydrogens is 208 g/mol. The number of carbonyl (C=O) groups is 1. The number of aromatic nitrogens is 1. The Bertz CT molecular complexity index is 373. The molecule has 0 aliphatic carbocycles. The van der Waals surface area contributed by atoms with E-state index in [0.29, 0.717) is 12.0 Å². The minimum Gasteiger partial charge on any atom is -0.303 e. The second-order valence-electron chi connectivity index (χ2n) is 2.97. The summed E-state index contributed by atoms with van der Waals surface area (Å²) in [6, 6.07) is 3.84. The fourth-order valence-corrected chi connectivity index (χ4v) is 2.22. The van der Waals surface area contributed by atoms with Crippen LogP contribution in [0.15, 0.2) is 18.5 Å². The Morgan fingerprint density at radius 1 is 1.67 bits per heavy atom. The second kappa shape index (κ2) is 6.20. The lowest BCUT2D eigenvalue weighted by Crippen LogP contribution is -1.97. The molecule has 4 heteroatoms. The SMILES string of the molecule is CCSC(CC=O)c1cncc(C#N)c1. The van der Waals surface area contributed by atoms with Crippen molar-refractivity contribution < 1.29 is 4.79 Å². The first kappa shape index (κ1) is 11.7. The van der Waals surface area contributed by atoms with E-state index in [1.807, 2.05) is 13.0 Å². The summed E-state index contributed by atoms with van der Waals surface area (Å²) in [4.78, 5) is 14.5. The molecule has 0 radical (unpaired) electrons. The Balaban J connectivity index is 2.89. The van der Waals surface area contributed by atoms with E-state index < -0.39 is 0 Å². The van der Waals surface area contributed by atoms with Gasteiger partial charge >= 0.3 is 0 Å². The molecule has 1 unspecified atom stereocenters. The highest BCUT2D eigenvalue weighted by atomic mass is 32.2. The predicted octanol–water partition coefficient (Wildman–Crippen LogP) is 2.34. The number of hydrogen-bond donors (Lipinski definition) is 0. The van der Waals surface area contributed by atoms with Crippen LogP contribution in [0.4, 0.5) is 0 Å². The molecule has 0 aliphatic rings. The molecule has 0 amide bonds. The zero-order valence-corrected chi connectivity index (χ0v) is 9.33. The molecule has 0 saturated heterocycles. The number of nitriles is 1. The lowest BCUT2D eigenvalue weighted by atomic mass is 10.1. The fourth-order valence-electron chi connectivity index (χ4n) is 1.28. The van der Waals surface area contributed by atoms with Gasteiger partial charge in [-0.25, -0.2) is 0 Å². The third kappa shape index (κ3) is 3.37. The Morgan fingerprint density at radius 3 is 3.07 bits per heavy atom. The van der Waals surface area contributed by atoms with Gasteiger partial charge in [-0.05, 0) is 17.4 Å². The summed E-state index contributed by atoms with van der Waals surface area (Å²) in [5.74, 6) is 0.940. The third-order valence-electron chi connectivity index (χ3n) is 1.94. The molecule has 1 heterocycles. The molecule has 0 aliphatic heterocycles. The molecule has 1 aromatic rings. The highest BCUT2D eigenvalue weighted by Crippen LogP contribution is 2.30. The third-order valence-corrected chi connectivity index (χ3v) is 3.14. The van der Waals surface area contributed by atoms with Gasteiger partial charge in [-0.2, -0.15) is 17.0 Å². The van der Waals surface area contributed by atoms with Crippen molar-refractivity contribution in [3.05, 3.63) is 29.6 Å². The van der Waals surface area contributed by atoms with Crippen molar-refractivity contribution in [3.63, 3.8) is 0 Å². The second-order valence-corrected chi connectivity index (χ2v) is 4.44. The highest BCUT2D eigenvalue weighted by Gasteiger charge is 2.11. The van der Waals surface area contributed by atoms with Gasteiger partial charge in [-0.15, -0.1) is 0 Å². The van der Waals surface area contributed by atoms with Crippen LogP contribution in [-0.2, 0) is 4.79 Å². The van der Waals surface area contributed by atoms with Gasteiger partial charge in [0.25, 0.3) is 0 Å². The fraction of sp³-hybridized carbons (Fsp3) is 0.364. The smallest absolute Gasteiger partial charge is 0.121 e. The van der Waals surface area contributed by atoms with Crippen LogP contribution in [0, 0.1) is 11.3 Å². The Labute approximate surface area is 93.5 Å². The Hall–Kier alpha value is -1.34. The van der Waals surface area contributed by atoms with Crippen LogP contribution in [0.3, 0.4) is 0 Å². The Kier molecular flexibility index (Phi) is 4.85. The number of rotatable bonds is 5. The van der Waals surface area contributed by atoms with Crippen LogP contribution in [0.25, 0.3) is 0 Å². The number of pyridine rings is 1. The van der Waals surface area contributed by atoms with Gasteiger partial charge < -0.3 is 4.79 Å². The number of aldehydes is 1. The minimum absolute atomic E-state index is 0.119. The number of thioether (sulfide) groups is 1. The highest BCUT2D eigenvalue weighted by molar-refractivity contribution is 7.99. The normalized spacial score (nSPS) is 11.7. The van der Waals surface area contributed by atoms with Gasteiger partial charge in [0.05, 0.1) is 5.56 Å². The molecule has 1 aromatic heterocycles. The maximum Gasteiger partial charge on any atom is 0.121 e. The van der Waals surface area contributed by atoms with Gasteiger partial charge in [0.15, 0.2) is 0 Å². The van der Waals surface area contributed by atoms with Gasteiger partial charge in [-0.1, -0.05) is 6.92 Å². The van der Waals surface area contributed by atoms with Crippen molar-refractivity contribution in [2.75, 3.05) is 5.75 Å². The predicted molar refractivity (Wildman–Crippen MR) is 60.5 cm³/mol. The number of carbonyl (C=O) groups excluding carboxylic acids is 1. The standard InChI is InChI=1S/C11H12N2OS/c1-2-15-11(3-4-14)10-5-9(6-12)7-13-8-10/h4-5,7-8,11H,2-3H2,1H3. The molecule has 0 N–H and O–H groups in total. The van der Waals surface area contributed by atoms with Crippen LogP contribution in [-0.4, -0.2) is 17.0 Å². The van der Waals surface area contributed by atoms with E-state index in [4.69, 9.17) is 5.26 Å². The zero-order valence-electron chi connectivity index (χ0n) is 8.51. The summed E-state index contributed by atoms with van der Waals surface area (Å²) >= 11 is 1.69. The molecule has 78 valence electrons. The van der Waals surface area contributed by atoms with Crippen molar-refractivity contribution in [2.45, 2.75) is 18.6 Å². The van der Waals surface area contributed by atoms with Gasteiger partial charge in [0.2, 0.25) is 0 Å². The Morgan fingerprint density at radius 2 is 2.47 bits per heavy atom. The van der Waals surface area contributed by atoms with Crippen LogP contribution in [0.1, 0.15) is 29.7 Å². The van der Waals surface area contributed by atoms with E-state index >= 15 is 0 Å². The number of nitrogens with zero attached hydrogens (tertiary/aromatic N) is 2. The summed E-state index contributed by atoms with van der Waals surface area (Å²) in [6.07, 6.45) is 4.62. The van der Waals surface area contributed by atoms with Crippen LogP contribution >= 0.6 is 11.8 Å². The molecule has 0 fully saturated rings. The van der Waals surface area contributed by atoms with Gasteiger partial charge in [0, 0.05) is 24.1 Å². The van der Waals surface area contributed by atoms with Crippen LogP contribution in [0.5, 0.6) is 0 Å². The molecule has 3 nitrogen and oxygen atoms in total. The van der Waals surface area contributed by atoms with E-state index in [2.05, 4.69) is 4.98 Å². The topological polar surface area (TPSA) is 53.8 Å². The average molecular weight is 220 g/mol. The molecule has 0 spiro atoms. The van der Waals surface area contributed by atoms with E-state index in [1.54, 1.807) is 24.0 Å². The van der Waals surface area contributed by atoms with E-state index in [-0.39, 0.29) is 5.25 Å². The summed E-state index contributed by atoms with van der Waals surface area (Å²) in [5.41, 5.74) is 1.49. The van der Waals surface area contributed by atoms with E-state index in [9.17, 15) is 4.79 Å². The van der Waals surface area contributed by atoms with Gasteiger partial charge in [0.1, 0.15) is 12.4 Å². The zero-order chi connectivity index (χ0) is 11.1. The lowest BCUT2D eigenvalue weighted by Gasteiger charge is -2.12. The quantitative estimate of drug-likeness (QED) is 0.715. The van der Waals surface area contributed by atoms with Crippen molar-refractivity contribution in [3.8, 4) is 6.07 Å². The van der Waals surface area contributed by atoms with Crippen molar-refractivity contribution in [1.82, 2.24) is 4.98 Å². The van der Waals surface area contributed by atoms with Crippen LogP contribution < -0.4 is 0 Å². The summed E-state index contributed by atoms with van der Waals surface area (Å²) in [6.45, 7) is 2.05. The molecule has 0 saturated carbocycles. The summed E-state index contributed by atoms with van der Waals surface area (Å²) in [5, 5.41) is 8.86. The molecule has 0 aromatic carbocycles. The van der Waals surface area contributed by atoms with Crippen molar-refractivity contribution >= 4 is 18.0 Å². The average Bonchev–Trinajstić information content (AvgIpc) is 2.29. The lowest BCUT2D eigenvalue weighted by molar-refractivity contribution is -0.107. The largest absolute Gasteiger partial charge is 0.303 e. The van der Waals surface area contributed by atoms with Crippen molar-refractivity contribution in [1.29, 1.82) is 5.26 Å². The monoisotopic (exact) mass is 220 g/mol. The first-order chi connectivity index (χ1) is 7.31. The molecule has 1 atom stereocenters. The summed E-state index contributed by atoms with van der Waals surface area (Å²) in [7, 11) is 0. The summed E-state index contributed by atoms with van der Waals surface area (Å²) < 4.78 is 0. The maximum atomic E-state index is 10.5. The van der Waals surface area contributed by atoms with E-state index in [0.717, 1.165) is 17.6 Å². The van der Waals surface area contributed by atoms with Crippen molar-refractivity contribution in [2.24, 2.45) is 0 Å². The van der Waals surface area contributed by atoms with E-state index in [1.165, 1.54) is 6.20 Å². The van der Waals surface area contributed by atoms with Crippen LogP contribution in [0.2, 0.25) is 0 Å². The first-order valence-corrected chi connectivity index (χ1v) is 5.77. The van der Waals surface area contributed by atoms with Gasteiger partial charge in [-0.3, -0.25) is 4.98 Å². The first-order valence-electron chi connectivity index (χ1n) is 4.72. The molecule has 1 rings (SSSR count). The molecule has 15 heavy (non-hydrogen) atoms. The molecular formula is C11H12N2OS. The minimum atomic E-state index is 0.119. The molecule has 0 bridgehead atoms.